The van der Waals surface area contributed by atoms with E-state index in [2.05, 4.69) is 25.9 Å². The first-order valence-corrected chi connectivity index (χ1v) is 6.76. The highest BCUT2D eigenvalue weighted by Crippen LogP contribution is 2.28. The number of nitro groups is 1. The molecule has 0 aliphatic rings. The van der Waals surface area contributed by atoms with E-state index in [9.17, 15) is 10.1 Å². The van der Waals surface area contributed by atoms with Crippen molar-refractivity contribution in [1.29, 1.82) is 0 Å². The zero-order valence-electron chi connectivity index (χ0n) is 10.4. The Balaban J connectivity index is 2.65. The molecule has 0 amide bonds. The van der Waals surface area contributed by atoms with Crippen LogP contribution in [0.4, 0.5) is 5.69 Å². The van der Waals surface area contributed by atoms with Crippen LogP contribution in [0.3, 0.4) is 0 Å². The number of hydrogen-bond acceptors (Lipinski definition) is 5. The average Bonchev–Trinajstić information content (AvgIpc) is 2.43. The van der Waals surface area contributed by atoms with Crippen molar-refractivity contribution in [1.82, 2.24) is 9.97 Å². The molecule has 6 nitrogen and oxygen atoms in total. The second kappa shape index (κ2) is 6.21. The number of para-hydroxylation sites is 1. The molecule has 0 atom stereocenters. The molecule has 0 aliphatic heterocycles. The molecule has 0 radical (unpaired) electrons. The Morgan fingerprint density at radius 2 is 2.20 bits per heavy atom. The van der Waals surface area contributed by atoms with E-state index in [4.69, 9.17) is 17.0 Å². The van der Waals surface area contributed by atoms with E-state index in [1.54, 1.807) is 25.3 Å². The third-order valence-electron chi connectivity index (χ3n) is 2.58. The molecule has 0 saturated carbocycles. The zero-order chi connectivity index (χ0) is 14.7. The number of aromatic amines is 1. The SMILES string of the molecule is COCc1[nH]c(-c2ccccc2[N+](=O)[O-])nc(=S)c1Br. The van der Waals surface area contributed by atoms with E-state index in [1.807, 2.05) is 0 Å². The fraction of sp³-hybridized carbons (Fsp3) is 0.167. The van der Waals surface area contributed by atoms with Gasteiger partial charge >= 0.3 is 0 Å². The molecule has 1 N–H and O–H groups in total. The van der Waals surface area contributed by atoms with E-state index >= 15 is 0 Å². The highest BCUT2D eigenvalue weighted by molar-refractivity contribution is 9.10. The smallest absolute Gasteiger partial charge is 0.280 e. The number of nitrogens with one attached hydrogen (secondary N) is 1. The maximum atomic E-state index is 11.1. The summed E-state index contributed by atoms with van der Waals surface area (Å²) in [6.45, 7) is 0.292. The zero-order valence-corrected chi connectivity index (χ0v) is 12.8. The lowest BCUT2D eigenvalue weighted by molar-refractivity contribution is -0.384. The molecule has 2 aromatic rings. The highest BCUT2D eigenvalue weighted by atomic mass is 79.9. The lowest BCUT2D eigenvalue weighted by atomic mass is 10.1. The third-order valence-corrected chi connectivity index (χ3v) is 3.99. The third kappa shape index (κ3) is 2.92. The van der Waals surface area contributed by atoms with Crippen molar-refractivity contribution >= 4 is 33.8 Å². The number of halogens is 1. The molecule has 0 aliphatic carbocycles. The largest absolute Gasteiger partial charge is 0.378 e. The van der Waals surface area contributed by atoms with Gasteiger partial charge in [-0.05, 0) is 22.0 Å². The number of hydrogen-bond donors (Lipinski definition) is 1. The van der Waals surface area contributed by atoms with Gasteiger partial charge in [-0.2, -0.15) is 0 Å². The summed E-state index contributed by atoms with van der Waals surface area (Å²) < 4.78 is 6.01. The predicted octanol–water partition coefficient (Wildman–Crippen LogP) is 3.62. The molecule has 1 aromatic heterocycles. The maximum Gasteiger partial charge on any atom is 0.280 e. The molecule has 0 unspecified atom stereocenters. The molecule has 20 heavy (non-hydrogen) atoms. The van der Waals surface area contributed by atoms with Crippen LogP contribution in [0.25, 0.3) is 11.4 Å². The number of H-pyrrole nitrogens is 1. The minimum Gasteiger partial charge on any atom is -0.378 e. The predicted molar refractivity (Wildman–Crippen MR) is 79.9 cm³/mol. The fourth-order valence-electron chi connectivity index (χ4n) is 1.71. The van der Waals surface area contributed by atoms with Gasteiger partial charge in [-0.15, -0.1) is 0 Å². The molecule has 104 valence electrons. The van der Waals surface area contributed by atoms with Crippen LogP contribution >= 0.6 is 28.1 Å². The molecule has 0 fully saturated rings. The second-order valence-corrected chi connectivity index (χ2v) is 5.07. The number of nitrogens with zero attached hydrogens (tertiary/aromatic N) is 2. The number of aromatic nitrogens is 2. The number of rotatable bonds is 4. The Morgan fingerprint density at radius 1 is 1.50 bits per heavy atom. The topological polar surface area (TPSA) is 81.0 Å². The van der Waals surface area contributed by atoms with Crippen molar-refractivity contribution < 1.29 is 9.66 Å². The number of nitro benzene ring substituents is 1. The first kappa shape index (κ1) is 14.8. The van der Waals surface area contributed by atoms with Crippen molar-refractivity contribution in [2.45, 2.75) is 6.61 Å². The molecule has 1 heterocycles. The summed E-state index contributed by atoms with van der Waals surface area (Å²) in [6, 6.07) is 6.35. The van der Waals surface area contributed by atoms with E-state index < -0.39 is 4.92 Å². The normalized spacial score (nSPS) is 10.5. The van der Waals surface area contributed by atoms with E-state index in [0.717, 1.165) is 0 Å². The minimum atomic E-state index is -0.452. The summed E-state index contributed by atoms with van der Waals surface area (Å²) >= 11 is 8.47. The Kier molecular flexibility index (Phi) is 4.58. The first-order chi connectivity index (χ1) is 9.54. The molecule has 0 spiro atoms. The summed E-state index contributed by atoms with van der Waals surface area (Å²) in [5.74, 6) is 0.345. The average molecular weight is 356 g/mol. The molecular formula is C12H10BrN3O3S. The van der Waals surface area contributed by atoms with Crippen LogP contribution < -0.4 is 0 Å². The van der Waals surface area contributed by atoms with Gasteiger partial charge < -0.3 is 9.72 Å². The van der Waals surface area contributed by atoms with Crippen LogP contribution in [-0.2, 0) is 11.3 Å². The van der Waals surface area contributed by atoms with Crippen molar-refractivity contribution in [3.8, 4) is 11.4 Å². The summed E-state index contributed by atoms with van der Waals surface area (Å²) in [5, 5.41) is 11.1. The molecular weight excluding hydrogens is 346 g/mol. The molecule has 0 saturated heterocycles. The quantitative estimate of drug-likeness (QED) is 0.514. The van der Waals surface area contributed by atoms with Crippen molar-refractivity contribution in [3.63, 3.8) is 0 Å². The second-order valence-electron chi connectivity index (χ2n) is 3.89. The minimum absolute atomic E-state index is 0.0312. The number of ether oxygens (including phenoxy) is 1. The van der Waals surface area contributed by atoms with Crippen LogP contribution in [0, 0.1) is 14.8 Å². The van der Waals surface area contributed by atoms with E-state index in [-0.39, 0.29) is 5.69 Å². The Labute approximate surface area is 128 Å². The van der Waals surface area contributed by atoms with Gasteiger partial charge in [-0.3, -0.25) is 10.1 Å². The van der Waals surface area contributed by atoms with Crippen LogP contribution in [0.15, 0.2) is 28.7 Å². The summed E-state index contributed by atoms with van der Waals surface area (Å²) in [6.07, 6.45) is 0. The van der Waals surface area contributed by atoms with Gasteiger partial charge in [0, 0.05) is 13.2 Å². The lowest BCUT2D eigenvalue weighted by Gasteiger charge is -2.08. The Hall–Kier alpha value is -1.64. The Morgan fingerprint density at radius 3 is 2.85 bits per heavy atom. The standard InChI is InChI=1S/C12H10BrN3O3S/c1-19-6-8-10(13)12(20)15-11(14-8)7-4-2-3-5-9(7)16(17)18/h2-5H,6H2,1H3,(H,14,15,20). The van der Waals surface area contributed by atoms with E-state index in [1.165, 1.54) is 6.07 Å². The van der Waals surface area contributed by atoms with Crippen LogP contribution in [-0.4, -0.2) is 22.0 Å². The highest BCUT2D eigenvalue weighted by Gasteiger charge is 2.17. The van der Waals surface area contributed by atoms with Gasteiger partial charge in [-0.1, -0.05) is 24.4 Å². The van der Waals surface area contributed by atoms with Gasteiger partial charge in [0.1, 0.15) is 10.5 Å². The van der Waals surface area contributed by atoms with Gasteiger partial charge in [-0.25, -0.2) is 4.98 Å². The van der Waals surface area contributed by atoms with Gasteiger partial charge in [0.2, 0.25) is 0 Å². The maximum absolute atomic E-state index is 11.1. The van der Waals surface area contributed by atoms with Crippen LogP contribution in [0.2, 0.25) is 0 Å². The number of benzene rings is 1. The van der Waals surface area contributed by atoms with Crippen LogP contribution in [0.1, 0.15) is 5.69 Å². The van der Waals surface area contributed by atoms with Crippen LogP contribution in [0.5, 0.6) is 0 Å². The van der Waals surface area contributed by atoms with Gasteiger partial charge in [0.25, 0.3) is 5.69 Å². The van der Waals surface area contributed by atoms with Gasteiger partial charge in [0.15, 0.2) is 0 Å². The van der Waals surface area contributed by atoms with Gasteiger partial charge in [0.05, 0.1) is 27.3 Å². The monoisotopic (exact) mass is 355 g/mol. The number of methoxy groups -OCH3 is 1. The summed E-state index contributed by atoms with van der Waals surface area (Å²) in [7, 11) is 1.55. The molecule has 1 aromatic carbocycles. The molecule has 8 heteroatoms. The fourth-order valence-corrected chi connectivity index (χ4v) is 2.23. The van der Waals surface area contributed by atoms with E-state index in [0.29, 0.717) is 32.8 Å². The molecule has 0 bridgehead atoms. The summed E-state index contributed by atoms with van der Waals surface area (Å²) in [4.78, 5) is 17.8. The summed E-state index contributed by atoms with van der Waals surface area (Å²) in [5.41, 5.74) is 1.03. The lowest BCUT2D eigenvalue weighted by Crippen LogP contribution is -2.01. The molecule has 2 rings (SSSR count). The van der Waals surface area contributed by atoms with Crippen molar-refractivity contribution in [2.24, 2.45) is 0 Å². The van der Waals surface area contributed by atoms with Crippen molar-refractivity contribution in [3.05, 3.63) is 49.2 Å². The van der Waals surface area contributed by atoms with Crippen molar-refractivity contribution in [2.75, 3.05) is 7.11 Å². The first-order valence-electron chi connectivity index (χ1n) is 5.56. The Bertz CT molecular complexity index is 717.